The van der Waals surface area contributed by atoms with Gasteiger partial charge in [0.1, 0.15) is 0 Å². The molecule has 1 saturated heterocycles. The Morgan fingerprint density at radius 1 is 1.23 bits per heavy atom. The van der Waals surface area contributed by atoms with Crippen molar-refractivity contribution in [2.45, 2.75) is 23.7 Å². The van der Waals surface area contributed by atoms with Gasteiger partial charge in [-0.2, -0.15) is 0 Å². The minimum atomic E-state index is 0.744. The minimum Gasteiger partial charge on any atom is -0.317 e. The largest absolute Gasteiger partial charge is 0.317 e. The zero-order chi connectivity index (χ0) is 9.10. The molecule has 2 heteroatoms. The van der Waals surface area contributed by atoms with E-state index in [9.17, 15) is 0 Å². The molecule has 0 saturated carbocycles. The van der Waals surface area contributed by atoms with Crippen molar-refractivity contribution in [2.75, 3.05) is 13.1 Å². The van der Waals surface area contributed by atoms with Crippen LogP contribution < -0.4 is 5.32 Å². The fourth-order valence-corrected chi connectivity index (χ4v) is 2.17. The van der Waals surface area contributed by atoms with Crippen molar-refractivity contribution in [3.05, 3.63) is 29.8 Å². The molecule has 0 amide bonds. The molecular weight excluding hydrogens is 178 g/mol. The number of benzene rings is 1. The summed E-state index contributed by atoms with van der Waals surface area (Å²) < 4.78 is 0. The van der Waals surface area contributed by atoms with E-state index >= 15 is 0 Å². The molecule has 1 aromatic carbocycles. The number of hydrogen-bond donors (Lipinski definition) is 2. The Bertz CT molecular complexity index is 279. The molecule has 1 N–H and O–H groups in total. The normalized spacial score (nSPS) is 18.8. The van der Waals surface area contributed by atoms with Gasteiger partial charge >= 0.3 is 0 Å². The molecule has 0 aliphatic carbocycles. The highest BCUT2D eigenvalue weighted by molar-refractivity contribution is 7.80. The van der Waals surface area contributed by atoms with Crippen LogP contribution in [0.3, 0.4) is 0 Å². The van der Waals surface area contributed by atoms with Crippen molar-refractivity contribution in [3.8, 4) is 0 Å². The van der Waals surface area contributed by atoms with Gasteiger partial charge in [0.05, 0.1) is 0 Å². The Hall–Kier alpha value is -0.470. The van der Waals surface area contributed by atoms with E-state index in [2.05, 4.69) is 36.1 Å². The number of thiol groups is 1. The molecule has 0 aromatic heterocycles. The van der Waals surface area contributed by atoms with E-state index in [0.29, 0.717) is 0 Å². The van der Waals surface area contributed by atoms with Gasteiger partial charge in [0, 0.05) is 4.90 Å². The predicted octanol–water partition coefficient (Wildman–Crippen LogP) is 2.44. The first-order chi connectivity index (χ1) is 6.36. The van der Waals surface area contributed by atoms with Gasteiger partial charge in [-0.05, 0) is 49.5 Å². The monoisotopic (exact) mass is 193 g/mol. The lowest BCUT2D eigenvalue weighted by molar-refractivity contribution is 0.460. The highest BCUT2D eigenvalue weighted by Gasteiger charge is 2.14. The van der Waals surface area contributed by atoms with Crippen LogP contribution in [0.2, 0.25) is 0 Å². The average molecular weight is 193 g/mol. The summed E-state index contributed by atoms with van der Waals surface area (Å²) >= 11 is 4.36. The Balaban J connectivity index is 2.14. The second-order valence-corrected chi connectivity index (χ2v) is 4.14. The van der Waals surface area contributed by atoms with Crippen molar-refractivity contribution in [2.24, 2.45) is 0 Å². The molecular formula is C11H15NS. The standard InChI is InChI=1S/C11H15NS/c13-11-3-1-2-10(8-11)9-4-6-12-7-5-9/h1-3,8-9,12-13H,4-7H2. The van der Waals surface area contributed by atoms with Crippen molar-refractivity contribution in [1.29, 1.82) is 0 Å². The van der Waals surface area contributed by atoms with Crippen LogP contribution >= 0.6 is 12.6 Å². The van der Waals surface area contributed by atoms with E-state index in [-0.39, 0.29) is 0 Å². The predicted molar refractivity (Wildman–Crippen MR) is 58.5 cm³/mol. The smallest absolute Gasteiger partial charge is 0.00428 e. The van der Waals surface area contributed by atoms with E-state index in [4.69, 9.17) is 0 Å². The summed E-state index contributed by atoms with van der Waals surface area (Å²) in [6, 6.07) is 8.54. The second-order valence-electron chi connectivity index (χ2n) is 3.62. The van der Waals surface area contributed by atoms with Crippen LogP contribution in [-0.2, 0) is 0 Å². The van der Waals surface area contributed by atoms with Gasteiger partial charge in [0.15, 0.2) is 0 Å². The minimum absolute atomic E-state index is 0.744. The SMILES string of the molecule is Sc1cccc(C2CCNCC2)c1. The molecule has 1 heterocycles. The van der Waals surface area contributed by atoms with Gasteiger partial charge < -0.3 is 5.32 Å². The van der Waals surface area contributed by atoms with Crippen molar-refractivity contribution in [3.63, 3.8) is 0 Å². The number of piperidine rings is 1. The highest BCUT2D eigenvalue weighted by atomic mass is 32.1. The van der Waals surface area contributed by atoms with Gasteiger partial charge in [-0.25, -0.2) is 0 Å². The molecule has 0 unspecified atom stereocenters. The summed E-state index contributed by atoms with van der Waals surface area (Å²) in [6.45, 7) is 2.31. The van der Waals surface area contributed by atoms with E-state index in [0.717, 1.165) is 23.9 Å². The molecule has 1 fully saturated rings. The van der Waals surface area contributed by atoms with Crippen LogP contribution in [0.25, 0.3) is 0 Å². The van der Waals surface area contributed by atoms with Gasteiger partial charge in [0.2, 0.25) is 0 Å². The van der Waals surface area contributed by atoms with Crippen LogP contribution in [0.4, 0.5) is 0 Å². The summed E-state index contributed by atoms with van der Waals surface area (Å²) in [5, 5.41) is 3.38. The summed E-state index contributed by atoms with van der Waals surface area (Å²) in [4.78, 5) is 1.08. The third-order valence-electron chi connectivity index (χ3n) is 2.68. The Morgan fingerprint density at radius 3 is 2.69 bits per heavy atom. The molecule has 2 rings (SSSR count). The third-order valence-corrected chi connectivity index (χ3v) is 2.96. The van der Waals surface area contributed by atoms with Crippen LogP contribution in [0.15, 0.2) is 29.2 Å². The van der Waals surface area contributed by atoms with Crippen molar-refractivity contribution in [1.82, 2.24) is 5.32 Å². The van der Waals surface area contributed by atoms with Gasteiger partial charge in [-0.1, -0.05) is 12.1 Å². The molecule has 0 radical (unpaired) electrons. The first-order valence-corrected chi connectivity index (χ1v) is 5.30. The van der Waals surface area contributed by atoms with Crippen LogP contribution in [0.5, 0.6) is 0 Å². The quantitative estimate of drug-likeness (QED) is 0.653. The summed E-state index contributed by atoms with van der Waals surface area (Å²) in [6.07, 6.45) is 2.52. The average Bonchev–Trinajstić information content (AvgIpc) is 2.19. The van der Waals surface area contributed by atoms with Crippen LogP contribution in [0.1, 0.15) is 24.3 Å². The first kappa shape index (κ1) is 9.10. The lowest BCUT2D eigenvalue weighted by atomic mass is 9.90. The summed E-state index contributed by atoms with van der Waals surface area (Å²) in [5.41, 5.74) is 1.45. The lowest BCUT2D eigenvalue weighted by Crippen LogP contribution is -2.26. The van der Waals surface area contributed by atoms with E-state index in [1.807, 2.05) is 6.07 Å². The summed E-state index contributed by atoms with van der Waals surface area (Å²) in [5.74, 6) is 0.744. The molecule has 13 heavy (non-hydrogen) atoms. The molecule has 1 nitrogen and oxygen atoms in total. The zero-order valence-electron chi connectivity index (χ0n) is 7.66. The fraction of sp³-hybridized carbons (Fsp3) is 0.455. The number of nitrogens with one attached hydrogen (secondary N) is 1. The highest BCUT2D eigenvalue weighted by Crippen LogP contribution is 2.26. The molecule has 1 aliphatic heterocycles. The molecule has 0 spiro atoms. The van der Waals surface area contributed by atoms with Gasteiger partial charge in [0.25, 0.3) is 0 Å². The molecule has 1 aliphatic rings. The molecule has 0 bridgehead atoms. The lowest BCUT2D eigenvalue weighted by Gasteiger charge is -2.23. The maximum atomic E-state index is 4.36. The van der Waals surface area contributed by atoms with Crippen molar-refractivity contribution >= 4 is 12.6 Å². The van der Waals surface area contributed by atoms with Crippen molar-refractivity contribution < 1.29 is 0 Å². The fourth-order valence-electron chi connectivity index (χ4n) is 1.93. The second kappa shape index (κ2) is 4.16. The number of hydrogen-bond acceptors (Lipinski definition) is 2. The van der Waals surface area contributed by atoms with E-state index in [1.54, 1.807) is 0 Å². The van der Waals surface area contributed by atoms with Crippen LogP contribution in [-0.4, -0.2) is 13.1 Å². The number of rotatable bonds is 1. The molecule has 1 aromatic rings. The third kappa shape index (κ3) is 2.26. The van der Waals surface area contributed by atoms with E-state index in [1.165, 1.54) is 18.4 Å². The Morgan fingerprint density at radius 2 is 2.00 bits per heavy atom. The topological polar surface area (TPSA) is 12.0 Å². The Kier molecular flexibility index (Phi) is 2.91. The Labute approximate surface area is 85.0 Å². The zero-order valence-corrected chi connectivity index (χ0v) is 8.56. The van der Waals surface area contributed by atoms with Gasteiger partial charge in [-0.3, -0.25) is 0 Å². The molecule has 70 valence electrons. The van der Waals surface area contributed by atoms with Crippen LogP contribution in [0, 0.1) is 0 Å². The first-order valence-electron chi connectivity index (χ1n) is 4.86. The van der Waals surface area contributed by atoms with E-state index < -0.39 is 0 Å². The maximum absolute atomic E-state index is 4.36. The van der Waals surface area contributed by atoms with Gasteiger partial charge in [-0.15, -0.1) is 12.6 Å². The summed E-state index contributed by atoms with van der Waals surface area (Å²) in [7, 11) is 0. The maximum Gasteiger partial charge on any atom is 0.00428 e. The molecule has 0 atom stereocenters.